The van der Waals surface area contributed by atoms with Gasteiger partial charge < -0.3 is 25.8 Å². The molecule has 1 aliphatic carbocycles. The van der Waals surface area contributed by atoms with Crippen molar-refractivity contribution >= 4 is 29.3 Å². The first-order valence-electron chi connectivity index (χ1n) is 15.5. The zero-order chi connectivity index (χ0) is 32.0. The number of rotatable bonds is 10. The van der Waals surface area contributed by atoms with E-state index in [9.17, 15) is 19.2 Å². The van der Waals surface area contributed by atoms with Crippen LogP contribution in [-0.4, -0.2) is 89.1 Å². The number of nitrogens with one attached hydrogen (secondary N) is 3. The van der Waals surface area contributed by atoms with Crippen molar-refractivity contribution in [2.45, 2.75) is 77.8 Å². The van der Waals surface area contributed by atoms with E-state index < -0.39 is 35.6 Å². The Hall–Kier alpha value is -3.87. The molecule has 2 heterocycles. The van der Waals surface area contributed by atoms with Gasteiger partial charge in [-0.2, -0.15) is 0 Å². The van der Waals surface area contributed by atoms with Crippen molar-refractivity contribution in [3.63, 3.8) is 0 Å². The second-order valence-corrected chi connectivity index (χ2v) is 12.2. The maximum absolute atomic E-state index is 15.5. The van der Waals surface area contributed by atoms with Crippen LogP contribution in [0.25, 0.3) is 0 Å². The van der Waals surface area contributed by atoms with Gasteiger partial charge in [-0.15, -0.1) is 0 Å². The maximum Gasteiger partial charge on any atom is 0.276 e. The number of carbonyl (C=O) groups is 4. The average molecular weight is 614 g/mol. The van der Waals surface area contributed by atoms with E-state index in [4.69, 9.17) is 0 Å². The van der Waals surface area contributed by atoms with Gasteiger partial charge in [-0.05, 0) is 61.5 Å². The maximum atomic E-state index is 15.5. The van der Waals surface area contributed by atoms with E-state index in [1.165, 1.54) is 12.1 Å². The summed E-state index contributed by atoms with van der Waals surface area (Å²) in [7, 11) is 1.99. The Labute approximate surface area is 257 Å². The third kappa shape index (κ3) is 7.99. The summed E-state index contributed by atoms with van der Waals surface area (Å²) >= 11 is 0. The van der Waals surface area contributed by atoms with Gasteiger partial charge in [-0.3, -0.25) is 19.2 Å². The fourth-order valence-electron chi connectivity index (χ4n) is 5.88. The van der Waals surface area contributed by atoms with Gasteiger partial charge in [0, 0.05) is 38.5 Å². The number of likely N-dealkylation sites (N-methyl/N-ethyl adjacent to an activating group) is 1. The minimum Gasteiger partial charge on any atom is -0.344 e. The molecule has 1 saturated carbocycles. The number of aromatic nitrogens is 2. The number of piperazine rings is 1. The van der Waals surface area contributed by atoms with Gasteiger partial charge in [0.05, 0.1) is 5.69 Å². The van der Waals surface area contributed by atoms with Crippen molar-refractivity contribution in [3.8, 4) is 0 Å². The largest absolute Gasteiger partial charge is 0.344 e. The molecule has 12 nitrogen and oxygen atoms in total. The van der Waals surface area contributed by atoms with Crippen LogP contribution in [0.15, 0.2) is 22.8 Å². The van der Waals surface area contributed by atoms with Crippen LogP contribution in [0.2, 0.25) is 0 Å². The number of carbonyl (C=O) groups excluding carboxylic acids is 4. The molecule has 0 unspecified atom stereocenters. The van der Waals surface area contributed by atoms with Gasteiger partial charge in [-0.25, -0.2) is 9.02 Å². The van der Waals surface area contributed by atoms with Gasteiger partial charge in [0.1, 0.15) is 23.6 Å². The monoisotopic (exact) mass is 613 g/mol. The van der Waals surface area contributed by atoms with Crippen LogP contribution < -0.4 is 16.0 Å². The zero-order valence-corrected chi connectivity index (χ0v) is 26.2. The molecule has 3 atom stereocenters. The third-order valence-corrected chi connectivity index (χ3v) is 8.96. The van der Waals surface area contributed by atoms with Crippen LogP contribution >= 0.6 is 0 Å². The van der Waals surface area contributed by atoms with Crippen LogP contribution in [0.4, 0.5) is 10.1 Å². The van der Waals surface area contributed by atoms with E-state index in [1.54, 1.807) is 31.7 Å². The van der Waals surface area contributed by atoms with E-state index in [0.29, 0.717) is 30.3 Å². The fourth-order valence-corrected chi connectivity index (χ4v) is 5.88. The lowest BCUT2D eigenvalue weighted by Gasteiger charge is -2.36. The van der Waals surface area contributed by atoms with E-state index in [0.717, 1.165) is 38.8 Å². The molecule has 0 bridgehead atoms. The molecule has 1 aliphatic heterocycles. The number of nitrogens with zero attached hydrogens (tertiary/aromatic N) is 4. The minimum absolute atomic E-state index is 0.00709. The molecule has 2 fully saturated rings. The summed E-state index contributed by atoms with van der Waals surface area (Å²) in [6.45, 7) is 9.77. The Morgan fingerprint density at radius 3 is 2.32 bits per heavy atom. The highest BCUT2D eigenvalue weighted by atomic mass is 19.1. The zero-order valence-electron chi connectivity index (χ0n) is 26.2. The lowest BCUT2D eigenvalue weighted by Crippen LogP contribution is -2.55. The summed E-state index contributed by atoms with van der Waals surface area (Å²) in [5.74, 6) is -2.43. The summed E-state index contributed by atoms with van der Waals surface area (Å²) in [4.78, 5) is 56.2. The molecular formula is C31H44FN7O5. The molecule has 4 amide bonds. The number of amides is 4. The van der Waals surface area contributed by atoms with Crippen LogP contribution in [0.5, 0.6) is 0 Å². The van der Waals surface area contributed by atoms with E-state index in [2.05, 4.69) is 42.7 Å². The summed E-state index contributed by atoms with van der Waals surface area (Å²) in [5, 5.41) is 15.6. The second-order valence-electron chi connectivity index (χ2n) is 12.2. The lowest BCUT2D eigenvalue weighted by atomic mass is 9.79. The van der Waals surface area contributed by atoms with Gasteiger partial charge in [0.2, 0.25) is 17.7 Å². The fraction of sp³-hybridized carbons (Fsp3) is 0.613. The molecule has 13 heteroatoms. The van der Waals surface area contributed by atoms with Crippen LogP contribution in [0.1, 0.15) is 80.5 Å². The molecule has 2 aromatic rings. The van der Waals surface area contributed by atoms with Gasteiger partial charge in [-0.1, -0.05) is 44.8 Å². The average Bonchev–Trinajstić information content (AvgIpc) is 3.45. The van der Waals surface area contributed by atoms with Crippen molar-refractivity contribution in [3.05, 3.63) is 41.0 Å². The van der Waals surface area contributed by atoms with Crippen molar-refractivity contribution < 1.29 is 28.2 Å². The first kappa shape index (κ1) is 33.0. The summed E-state index contributed by atoms with van der Waals surface area (Å²) in [5.41, 5.74) is 0.749. The molecule has 2 aliphatic rings. The molecule has 240 valence electrons. The highest BCUT2D eigenvalue weighted by Gasteiger charge is 2.35. The summed E-state index contributed by atoms with van der Waals surface area (Å²) < 4.78 is 20.2. The van der Waals surface area contributed by atoms with Crippen LogP contribution in [0, 0.1) is 24.6 Å². The first-order chi connectivity index (χ1) is 21.0. The molecule has 3 N–H and O–H groups in total. The number of hydrogen-bond donors (Lipinski definition) is 3. The van der Waals surface area contributed by atoms with E-state index in [-0.39, 0.29) is 35.5 Å². The lowest BCUT2D eigenvalue weighted by molar-refractivity contribution is -0.138. The molecule has 0 spiro atoms. The molecule has 1 aromatic carbocycles. The Kier molecular flexibility index (Phi) is 11.1. The molecular weight excluding hydrogens is 569 g/mol. The molecule has 1 aromatic heterocycles. The van der Waals surface area contributed by atoms with Crippen LogP contribution in [-0.2, 0) is 14.4 Å². The van der Waals surface area contributed by atoms with Crippen LogP contribution in [0.3, 0.4) is 0 Å². The topological polar surface area (TPSA) is 150 Å². The van der Waals surface area contributed by atoms with Crippen molar-refractivity contribution in [1.29, 1.82) is 0 Å². The second kappa shape index (κ2) is 14.7. The predicted molar refractivity (Wildman–Crippen MR) is 161 cm³/mol. The number of aryl methyl sites for hydroxylation is 1. The Bertz CT molecular complexity index is 1330. The van der Waals surface area contributed by atoms with Gasteiger partial charge >= 0.3 is 0 Å². The Balaban J connectivity index is 1.51. The molecule has 1 saturated heterocycles. The highest BCUT2D eigenvalue weighted by Crippen LogP contribution is 2.32. The van der Waals surface area contributed by atoms with Crippen molar-refractivity contribution in [1.82, 2.24) is 30.7 Å². The third-order valence-electron chi connectivity index (χ3n) is 8.96. The Morgan fingerprint density at radius 2 is 1.73 bits per heavy atom. The predicted octanol–water partition coefficient (Wildman–Crippen LogP) is 2.85. The minimum atomic E-state index is -0.918. The molecule has 0 radical (unpaired) electrons. The van der Waals surface area contributed by atoms with Gasteiger partial charge in [0.25, 0.3) is 5.91 Å². The standard InChI is InChI=1S/C31H44FN7O5/c1-6-25(40)34-26(31(43)39-15-13-38(5)14-16-39)19(3)22-11-12-24(23(32)17-22)33-30(42)28(21-9-7-18(2)8-10-21)35-29(41)27-20(4)36-44-37-27/h11-12,17-19,21,26,28H,6-10,13-16H2,1-5H3,(H,33,42)(H,34,40)(H,35,41)/t18?,19-,21?,26+,28-/m0/s1. The van der Waals surface area contributed by atoms with Crippen molar-refractivity contribution in [2.24, 2.45) is 11.8 Å². The smallest absolute Gasteiger partial charge is 0.276 e. The van der Waals surface area contributed by atoms with E-state index in [1.807, 2.05) is 7.05 Å². The first-order valence-corrected chi connectivity index (χ1v) is 15.5. The SMILES string of the molecule is CCC(=O)N[C@@H](C(=O)N1CCN(C)CC1)[C@@H](C)c1ccc(NC(=O)[C@@H](NC(=O)c2nonc2C)C2CCC(C)CC2)c(F)c1. The highest BCUT2D eigenvalue weighted by molar-refractivity contribution is 6.01. The summed E-state index contributed by atoms with van der Waals surface area (Å²) in [6, 6.07) is 2.59. The quantitative estimate of drug-likeness (QED) is 0.370. The number of benzene rings is 1. The van der Waals surface area contributed by atoms with Gasteiger partial charge in [0.15, 0.2) is 5.69 Å². The van der Waals surface area contributed by atoms with Crippen molar-refractivity contribution in [2.75, 3.05) is 38.5 Å². The normalized spacial score (nSPS) is 21.2. The summed E-state index contributed by atoms with van der Waals surface area (Å²) in [6.07, 6.45) is 3.52. The molecule has 44 heavy (non-hydrogen) atoms. The number of hydrogen-bond acceptors (Lipinski definition) is 8. The Morgan fingerprint density at radius 1 is 1.05 bits per heavy atom. The van der Waals surface area contributed by atoms with E-state index >= 15 is 4.39 Å². The number of halogens is 1. The number of anilines is 1. The molecule has 4 rings (SSSR count).